The van der Waals surface area contributed by atoms with Crippen molar-refractivity contribution in [2.75, 3.05) is 31.6 Å². The number of nitrogens with zero attached hydrogens (tertiary/aromatic N) is 4. The summed E-state index contributed by atoms with van der Waals surface area (Å²) < 4.78 is 4.66. The van der Waals surface area contributed by atoms with Crippen LogP contribution in [0, 0.1) is 5.92 Å². The van der Waals surface area contributed by atoms with Gasteiger partial charge in [0.2, 0.25) is 0 Å². The van der Waals surface area contributed by atoms with Gasteiger partial charge < -0.3 is 19.9 Å². The molecule has 1 aliphatic heterocycles. The fourth-order valence-electron chi connectivity index (χ4n) is 3.46. The van der Waals surface area contributed by atoms with Crippen LogP contribution in [-0.4, -0.2) is 59.7 Å². The number of rotatable bonds is 5. The van der Waals surface area contributed by atoms with Gasteiger partial charge in [0, 0.05) is 26.2 Å². The molecule has 1 aromatic heterocycles. The second-order valence-electron chi connectivity index (χ2n) is 7.61. The molecule has 0 bridgehead atoms. The first-order valence-corrected chi connectivity index (χ1v) is 10.7. The molecule has 1 unspecified atom stereocenters. The molecular formula is C21H25Cl2N5O3. The molecule has 1 atom stereocenters. The summed E-state index contributed by atoms with van der Waals surface area (Å²) in [5.41, 5.74) is 1.04. The van der Waals surface area contributed by atoms with E-state index in [9.17, 15) is 9.59 Å². The summed E-state index contributed by atoms with van der Waals surface area (Å²) in [5, 5.41) is 3.91. The van der Waals surface area contributed by atoms with Gasteiger partial charge >= 0.3 is 12.0 Å². The normalized spacial score (nSPS) is 16.4. The first-order valence-electron chi connectivity index (χ1n) is 9.94. The van der Waals surface area contributed by atoms with Crippen LogP contribution in [0.2, 0.25) is 10.0 Å². The molecule has 0 aliphatic carbocycles. The second-order valence-corrected chi connectivity index (χ2v) is 8.42. The summed E-state index contributed by atoms with van der Waals surface area (Å²) in [5.74, 6) is 0.373. The van der Waals surface area contributed by atoms with Crippen molar-refractivity contribution in [2.24, 2.45) is 5.92 Å². The molecule has 1 fully saturated rings. The lowest BCUT2D eigenvalue weighted by Crippen LogP contribution is -2.59. The predicted molar refractivity (Wildman–Crippen MR) is 120 cm³/mol. The van der Waals surface area contributed by atoms with E-state index in [1.54, 1.807) is 18.3 Å². The van der Waals surface area contributed by atoms with Gasteiger partial charge in [0.15, 0.2) is 5.69 Å². The van der Waals surface area contributed by atoms with E-state index in [2.05, 4.69) is 38.8 Å². The highest BCUT2D eigenvalue weighted by molar-refractivity contribution is 6.42. The van der Waals surface area contributed by atoms with Crippen molar-refractivity contribution in [3.63, 3.8) is 0 Å². The van der Waals surface area contributed by atoms with Crippen molar-refractivity contribution in [3.05, 3.63) is 51.9 Å². The Hall–Kier alpha value is -2.58. The van der Waals surface area contributed by atoms with Crippen LogP contribution in [0.15, 0.2) is 30.6 Å². The SMILES string of the molecule is COC(=O)c1cnc(N2CCN(C(=O)NCc3ccc(Cl)c(Cl)c3)C(C(C)C)C2)cn1. The molecule has 31 heavy (non-hydrogen) atoms. The van der Waals surface area contributed by atoms with Crippen LogP contribution in [-0.2, 0) is 11.3 Å². The predicted octanol–water partition coefficient (Wildman–Crippen LogP) is 3.63. The molecule has 2 amide bonds. The zero-order chi connectivity index (χ0) is 22.5. The Morgan fingerprint density at radius 3 is 2.58 bits per heavy atom. The van der Waals surface area contributed by atoms with Crippen LogP contribution in [0.4, 0.5) is 10.6 Å². The average Bonchev–Trinajstić information content (AvgIpc) is 2.78. The molecule has 2 heterocycles. The third-order valence-electron chi connectivity index (χ3n) is 5.23. The Bertz CT molecular complexity index is 939. The number of anilines is 1. The Morgan fingerprint density at radius 1 is 1.19 bits per heavy atom. The molecular weight excluding hydrogens is 441 g/mol. The molecule has 1 N–H and O–H groups in total. The number of hydrogen-bond acceptors (Lipinski definition) is 6. The zero-order valence-electron chi connectivity index (χ0n) is 17.6. The monoisotopic (exact) mass is 465 g/mol. The number of halogens is 2. The number of carbonyl (C=O) groups excluding carboxylic acids is 2. The number of hydrogen-bond donors (Lipinski definition) is 1. The van der Waals surface area contributed by atoms with Gasteiger partial charge in [-0.1, -0.05) is 43.1 Å². The van der Waals surface area contributed by atoms with Gasteiger partial charge in [-0.25, -0.2) is 19.6 Å². The van der Waals surface area contributed by atoms with Gasteiger partial charge in [-0.2, -0.15) is 0 Å². The lowest BCUT2D eigenvalue weighted by atomic mass is 10.00. The number of piperazine rings is 1. The maximum atomic E-state index is 12.9. The van der Waals surface area contributed by atoms with Crippen molar-refractivity contribution < 1.29 is 14.3 Å². The Kier molecular flexibility index (Phi) is 7.56. The Morgan fingerprint density at radius 2 is 1.97 bits per heavy atom. The Balaban J connectivity index is 1.64. The molecule has 0 radical (unpaired) electrons. The van der Waals surface area contributed by atoms with E-state index >= 15 is 0 Å². The molecule has 2 aromatic rings. The molecule has 1 aliphatic rings. The smallest absolute Gasteiger partial charge is 0.358 e. The molecule has 3 rings (SSSR count). The molecule has 1 saturated heterocycles. The third kappa shape index (κ3) is 5.57. The van der Waals surface area contributed by atoms with E-state index < -0.39 is 5.97 Å². The minimum Gasteiger partial charge on any atom is -0.464 e. The topological polar surface area (TPSA) is 87.7 Å². The highest BCUT2D eigenvalue weighted by Gasteiger charge is 2.33. The van der Waals surface area contributed by atoms with Crippen molar-refractivity contribution in [1.82, 2.24) is 20.2 Å². The van der Waals surface area contributed by atoms with Gasteiger partial charge in [-0.15, -0.1) is 0 Å². The molecule has 0 saturated carbocycles. The van der Waals surface area contributed by atoms with E-state index in [1.807, 2.05) is 11.0 Å². The summed E-state index contributed by atoms with van der Waals surface area (Å²) in [6.07, 6.45) is 2.96. The van der Waals surface area contributed by atoms with E-state index in [4.69, 9.17) is 23.2 Å². The van der Waals surface area contributed by atoms with Crippen LogP contribution in [0.1, 0.15) is 29.9 Å². The molecule has 1 aromatic carbocycles. The summed E-state index contributed by atoms with van der Waals surface area (Å²) in [4.78, 5) is 36.9. The lowest BCUT2D eigenvalue weighted by molar-refractivity contribution is 0.0593. The number of nitrogens with one attached hydrogen (secondary N) is 1. The largest absolute Gasteiger partial charge is 0.464 e. The lowest BCUT2D eigenvalue weighted by Gasteiger charge is -2.43. The summed E-state index contributed by atoms with van der Waals surface area (Å²) in [6, 6.07) is 5.16. The number of esters is 1. The average molecular weight is 466 g/mol. The highest BCUT2D eigenvalue weighted by atomic mass is 35.5. The van der Waals surface area contributed by atoms with Gasteiger partial charge in [0.1, 0.15) is 5.82 Å². The van der Waals surface area contributed by atoms with Crippen LogP contribution in [0.3, 0.4) is 0 Å². The Labute approximate surface area is 191 Å². The van der Waals surface area contributed by atoms with E-state index in [1.165, 1.54) is 13.3 Å². The number of methoxy groups -OCH3 is 1. The van der Waals surface area contributed by atoms with Crippen LogP contribution in [0.5, 0.6) is 0 Å². The number of benzene rings is 1. The summed E-state index contributed by atoms with van der Waals surface area (Å²) in [6.45, 7) is 6.29. The molecule has 166 valence electrons. The maximum Gasteiger partial charge on any atom is 0.358 e. The number of amides is 2. The highest BCUT2D eigenvalue weighted by Crippen LogP contribution is 2.23. The van der Waals surface area contributed by atoms with Crippen LogP contribution < -0.4 is 10.2 Å². The van der Waals surface area contributed by atoms with Crippen LogP contribution >= 0.6 is 23.2 Å². The van der Waals surface area contributed by atoms with E-state index in [0.717, 1.165) is 5.56 Å². The van der Waals surface area contributed by atoms with E-state index in [-0.39, 0.29) is 23.7 Å². The number of urea groups is 1. The van der Waals surface area contributed by atoms with Crippen molar-refractivity contribution >= 4 is 41.0 Å². The van der Waals surface area contributed by atoms with Crippen molar-refractivity contribution in [3.8, 4) is 0 Å². The van der Waals surface area contributed by atoms with Gasteiger partial charge in [-0.05, 0) is 23.6 Å². The third-order valence-corrected chi connectivity index (χ3v) is 5.97. The number of carbonyl (C=O) groups is 2. The maximum absolute atomic E-state index is 12.9. The van der Waals surface area contributed by atoms with Crippen molar-refractivity contribution in [2.45, 2.75) is 26.4 Å². The first kappa shape index (κ1) is 23.1. The van der Waals surface area contributed by atoms with E-state index in [0.29, 0.717) is 42.0 Å². The van der Waals surface area contributed by atoms with Gasteiger partial charge in [-0.3, -0.25) is 0 Å². The fourth-order valence-corrected chi connectivity index (χ4v) is 3.78. The molecule has 10 heteroatoms. The first-order chi connectivity index (χ1) is 14.8. The molecule has 8 nitrogen and oxygen atoms in total. The quantitative estimate of drug-likeness (QED) is 0.678. The van der Waals surface area contributed by atoms with Crippen LogP contribution in [0.25, 0.3) is 0 Å². The minimum atomic E-state index is -0.525. The standard InChI is InChI=1S/C21H25Cl2N5O3/c1-13(2)18-12-27(19-11-24-17(10-25-19)20(29)31-3)6-7-28(18)21(30)26-9-14-4-5-15(22)16(23)8-14/h4-5,8,10-11,13,18H,6-7,9,12H2,1-3H3,(H,26,30). The van der Waals surface area contributed by atoms with Gasteiger partial charge in [0.25, 0.3) is 0 Å². The second kappa shape index (κ2) is 10.2. The van der Waals surface area contributed by atoms with Crippen molar-refractivity contribution in [1.29, 1.82) is 0 Å². The van der Waals surface area contributed by atoms with Gasteiger partial charge in [0.05, 0.1) is 35.6 Å². The number of aromatic nitrogens is 2. The fraction of sp³-hybridized carbons (Fsp3) is 0.429. The summed E-state index contributed by atoms with van der Waals surface area (Å²) in [7, 11) is 1.30. The minimum absolute atomic E-state index is 0.00959. The zero-order valence-corrected chi connectivity index (χ0v) is 19.2. The molecule has 0 spiro atoms. The summed E-state index contributed by atoms with van der Waals surface area (Å²) >= 11 is 12.0. The number of ether oxygens (including phenoxy) is 1.